The first-order valence-electron chi connectivity index (χ1n) is 6.00. The Kier molecular flexibility index (Phi) is 4.45. The SMILES string of the molecule is CNC(Cc1cc(Cl)ccc1F)c1ncc(C)cn1. The van der Waals surface area contributed by atoms with E-state index >= 15 is 0 Å². The van der Waals surface area contributed by atoms with E-state index in [-0.39, 0.29) is 11.9 Å². The highest BCUT2D eigenvalue weighted by molar-refractivity contribution is 6.30. The van der Waals surface area contributed by atoms with Gasteiger partial charge in [0.1, 0.15) is 11.6 Å². The minimum atomic E-state index is -0.267. The average molecular weight is 280 g/mol. The van der Waals surface area contributed by atoms with Crippen LogP contribution in [0.2, 0.25) is 5.02 Å². The zero-order valence-corrected chi connectivity index (χ0v) is 11.6. The Balaban J connectivity index is 2.23. The van der Waals surface area contributed by atoms with Gasteiger partial charge in [-0.3, -0.25) is 0 Å². The third kappa shape index (κ3) is 3.49. The molecule has 2 rings (SSSR count). The second-order valence-electron chi connectivity index (χ2n) is 4.40. The van der Waals surface area contributed by atoms with E-state index in [2.05, 4.69) is 15.3 Å². The van der Waals surface area contributed by atoms with Crippen molar-refractivity contribution in [3.63, 3.8) is 0 Å². The van der Waals surface area contributed by atoms with Gasteiger partial charge in [0, 0.05) is 17.4 Å². The molecule has 1 unspecified atom stereocenters. The molecule has 0 spiro atoms. The van der Waals surface area contributed by atoms with Gasteiger partial charge >= 0.3 is 0 Å². The van der Waals surface area contributed by atoms with Crippen molar-refractivity contribution in [2.45, 2.75) is 19.4 Å². The van der Waals surface area contributed by atoms with Crippen LogP contribution in [0.3, 0.4) is 0 Å². The van der Waals surface area contributed by atoms with Crippen LogP contribution in [0.4, 0.5) is 4.39 Å². The number of benzene rings is 1. The van der Waals surface area contributed by atoms with Crippen LogP contribution in [0.15, 0.2) is 30.6 Å². The van der Waals surface area contributed by atoms with Gasteiger partial charge in [0.25, 0.3) is 0 Å². The van der Waals surface area contributed by atoms with E-state index in [0.717, 1.165) is 5.56 Å². The number of likely N-dealkylation sites (N-methyl/N-ethyl adjacent to an activating group) is 1. The van der Waals surface area contributed by atoms with Crippen molar-refractivity contribution in [3.8, 4) is 0 Å². The van der Waals surface area contributed by atoms with Gasteiger partial charge in [-0.25, -0.2) is 14.4 Å². The number of aryl methyl sites for hydroxylation is 1. The molecule has 0 aliphatic carbocycles. The van der Waals surface area contributed by atoms with Crippen molar-refractivity contribution in [3.05, 3.63) is 58.4 Å². The first-order valence-corrected chi connectivity index (χ1v) is 6.37. The number of nitrogens with one attached hydrogen (secondary N) is 1. The number of hydrogen-bond acceptors (Lipinski definition) is 3. The Labute approximate surface area is 116 Å². The molecule has 1 aromatic heterocycles. The summed E-state index contributed by atoms with van der Waals surface area (Å²) in [7, 11) is 1.80. The summed E-state index contributed by atoms with van der Waals surface area (Å²) in [6.07, 6.45) is 3.95. The Morgan fingerprint density at radius 2 is 2.00 bits per heavy atom. The molecule has 0 amide bonds. The number of rotatable bonds is 4. The quantitative estimate of drug-likeness (QED) is 0.935. The van der Waals surface area contributed by atoms with Crippen molar-refractivity contribution in [2.24, 2.45) is 0 Å². The summed E-state index contributed by atoms with van der Waals surface area (Å²) in [6.45, 7) is 1.93. The molecular weight excluding hydrogens is 265 g/mol. The first-order chi connectivity index (χ1) is 9.10. The van der Waals surface area contributed by atoms with E-state index < -0.39 is 0 Å². The highest BCUT2D eigenvalue weighted by Gasteiger charge is 2.15. The van der Waals surface area contributed by atoms with E-state index in [9.17, 15) is 4.39 Å². The first kappa shape index (κ1) is 13.9. The molecule has 19 heavy (non-hydrogen) atoms. The molecule has 5 heteroatoms. The molecular formula is C14H15ClFN3. The van der Waals surface area contributed by atoms with Gasteiger partial charge in [0.15, 0.2) is 0 Å². The number of hydrogen-bond donors (Lipinski definition) is 1. The molecule has 3 nitrogen and oxygen atoms in total. The van der Waals surface area contributed by atoms with Gasteiger partial charge in [0.2, 0.25) is 0 Å². The lowest BCUT2D eigenvalue weighted by Crippen LogP contribution is -2.21. The van der Waals surface area contributed by atoms with E-state index in [1.807, 2.05) is 6.92 Å². The van der Waals surface area contributed by atoms with Crippen molar-refractivity contribution >= 4 is 11.6 Å². The molecule has 0 aliphatic heterocycles. The predicted molar refractivity (Wildman–Crippen MR) is 73.7 cm³/mol. The monoisotopic (exact) mass is 279 g/mol. The molecule has 1 atom stereocenters. The Bertz CT molecular complexity index is 557. The van der Waals surface area contributed by atoms with Crippen LogP contribution >= 0.6 is 11.6 Å². The van der Waals surface area contributed by atoms with Crippen molar-refractivity contribution < 1.29 is 4.39 Å². The van der Waals surface area contributed by atoms with Gasteiger partial charge in [-0.1, -0.05) is 11.6 Å². The molecule has 2 aromatic rings. The predicted octanol–water partition coefficient (Wildman–Crippen LogP) is 3.08. The highest BCUT2D eigenvalue weighted by Crippen LogP contribution is 2.20. The smallest absolute Gasteiger partial charge is 0.145 e. The maximum absolute atomic E-state index is 13.7. The molecule has 0 aliphatic rings. The Hall–Kier alpha value is -1.52. The summed E-state index contributed by atoms with van der Waals surface area (Å²) in [5, 5.41) is 3.62. The molecule has 100 valence electrons. The molecule has 0 radical (unpaired) electrons. The largest absolute Gasteiger partial charge is 0.310 e. The van der Waals surface area contributed by atoms with Crippen LogP contribution in [0.25, 0.3) is 0 Å². The molecule has 0 saturated heterocycles. The van der Waals surface area contributed by atoms with E-state index in [1.165, 1.54) is 12.1 Å². The van der Waals surface area contributed by atoms with Crippen molar-refractivity contribution in [2.75, 3.05) is 7.05 Å². The van der Waals surface area contributed by atoms with Gasteiger partial charge in [-0.05, 0) is 49.7 Å². The van der Waals surface area contributed by atoms with Crippen LogP contribution < -0.4 is 5.32 Å². The Morgan fingerprint density at radius 3 is 2.63 bits per heavy atom. The van der Waals surface area contributed by atoms with E-state index in [0.29, 0.717) is 22.8 Å². The third-order valence-corrected chi connectivity index (χ3v) is 3.13. The molecule has 0 fully saturated rings. The van der Waals surface area contributed by atoms with Crippen molar-refractivity contribution in [1.82, 2.24) is 15.3 Å². The Morgan fingerprint density at radius 1 is 1.32 bits per heavy atom. The summed E-state index contributed by atoms with van der Waals surface area (Å²) in [4.78, 5) is 8.54. The number of halogens is 2. The lowest BCUT2D eigenvalue weighted by Gasteiger charge is -2.15. The fraction of sp³-hybridized carbons (Fsp3) is 0.286. The minimum Gasteiger partial charge on any atom is -0.310 e. The highest BCUT2D eigenvalue weighted by atomic mass is 35.5. The molecule has 0 bridgehead atoms. The van der Waals surface area contributed by atoms with Crippen molar-refractivity contribution in [1.29, 1.82) is 0 Å². The second kappa shape index (κ2) is 6.08. The van der Waals surface area contributed by atoms with Crippen LogP contribution in [-0.4, -0.2) is 17.0 Å². The molecule has 0 saturated carbocycles. The second-order valence-corrected chi connectivity index (χ2v) is 4.84. The zero-order valence-electron chi connectivity index (χ0n) is 10.8. The van der Waals surface area contributed by atoms with Gasteiger partial charge in [0.05, 0.1) is 6.04 Å². The summed E-state index contributed by atoms with van der Waals surface area (Å²) in [5.74, 6) is 0.379. The summed E-state index contributed by atoms with van der Waals surface area (Å²) in [6, 6.07) is 4.40. The topological polar surface area (TPSA) is 37.8 Å². The van der Waals surface area contributed by atoms with Crippen LogP contribution in [-0.2, 0) is 6.42 Å². The average Bonchev–Trinajstić information content (AvgIpc) is 2.41. The summed E-state index contributed by atoms with van der Waals surface area (Å²) < 4.78 is 13.7. The molecule has 1 aromatic carbocycles. The standard InChI is InChI=1S/C14H15ClFN3/c1-9-7-18-14(19-8-9)13(17-2)6-10-5-11(15)3-4-12(10)16/h3-5,7-8,13,17H,6H2,1-2H3. The number of aromatic nitrogens is 2. The van der Waals surface area contributed by atoms with Crippen LogP contribution in [0.1, 0.15) is 23.0 Å². The fourth-order valence-electron chi connectivity index (χ4n) is 1.82. The van der Waals surface area contributed by atoms with Gasteiger partial charge in [-0.15, -0.1) is 0 Å². The van der Waals surface area contributed by atoms with Crippen LogP contribution in [0, 0.1) is 12.7 Å². The normalized spacial score (nSPS) is 12.4. The van der Waals surface area contributed by atoms with Crippen LogP contribution in [0.5, 0.6) is 0 Å². The van der Waals surface area contributed by atoms with E-state index in [4.69, 9.17) is 11.6 Å². The third-order valence-electron chi connectivity index (χ3n) is 2.89. The molecule has 1 heterocycles. The van der Waals surface area contributed by atoms with Gasteiger partial charge < -0.3 is 5.32 Å². The maximum atomic E-state index is 13.7. The number of nitrogens with zero attached hydrogens (tertiary/aromatic N) is 2. The maximum Gasteiger partial charge on any atom is 0.145 e. The lowest BCUT2D eigenvalue weighted by molar-refractivity contribution is 0.532. The zero-order chi connectivity index (χ0) is 13.8. The lowest BCUT2D eigenvalue weighted by atomic mass is 10.0. The summed E-state index contributed by atoms with van der Waals surface area (Å²) >= 11 is 5.89. The fourth-order valence-corrected chi connectivity index (χ4v) is 2.02. The summed E-state index contributed by atoms with van der Waals surface area (Å²) in [5.41, 5.74) is 1.54. The van der Waals surface area contributed by atoms with E-state index in [1.54, 1.807) is 25.5 Å². The molecule has 1 N–H and O–H groups in total. The minimum absolute atomic E-state index is 0.145. The van der Waals surface area contributed by atoms with Gasteiger partial charge in [-0.2, -0.15) is 0 Å².